The maximum absolute atomic E-state index is 9.76. The van der Waals surface area contributed by atoms with E-state index < -0.39 is 0 Å². The molecule has 6 nitrogen and oxygen atoms in total. The SMILES string of the molecule is COc1ccc(-c2csc(=NC3CCCCC3)n2N=Cc2ccc(O)c(O)c2)cc1. The summed E-state index contributed by atoms with van der Waals surface area (Å²) in [4.78, 5) is 5.85. The van der Waals surface area contributed by atoms with Crippen LogP contribution in [0.4, 0.5) is 0 Å². The molecule has 0 aliphatic heterocycles. The van der Waals surface area contributed by atoms with Crippen LogP contribution in [0.15, 0.2) is 57.9 Å². The first-order chi connectivity index (χ1) is 14.6. The number of aromatic hydroxyl groups is 2. The molecule has 0 spiro atoms. The first-order valence-corrected chi connectivity index (χ1v) is 11.0. The maximum atomic E-state index is 9.76. The number of aromatic nitrogens is 1. The van der Waals surface area contributed by atoms with E-state index in [0.29, 0.717) is 11.6 Å². The zero-order chi connectivity index (χ0) is 20.9. The van der Waals surface area contributed by atoms with Gasteiger partial charge in [0.05, 0.1) is 25.1 Å². The summed E-state index contributed by atoms with van der Waals surface area (Å²) in [6, 6.07) is 12.8. The number of hydrogen-bond donors (Lipinski definition) is 2. The highest BCUT2D eigenvalue weighted by atomic mass is 32.1. The molecule has 1 aliphatic rings. The standard InChI is InChI=1S/C23H25N3O3S/c1-29-19-10-8-17(9-11-19)20-15-30-23(25-18-5-3-2-4-6-18)26(20)24-14-16-7-12-21(27)22(28)13-16/h7-15,18,27-28H,2-6H2,1H3. The Labute approximate surface area is 179 Å². The van der Waals surface area contributed by atoms with Crippen LogP contribution in [0.25, 0.3) is 11.3 Å². The van der Waals surface area contributed by atoms with Crippen LogP contribution in [0.5, 0.6) is 17.2 Å². The van der Waals surface area contributed by atoms with Gasteiger partial charge in [-0.3, -0.25) is 4.99 Å². The average molecular weight is 424 g/mol. The van der Waals surface area contributed by atoms with Crippen LogP contribution in [0, 0.1) is 0 Å². The van der Waals surface area contributed by atoms with Crippen molar-refractivity contribution in [3.63, 3.8) is 0 Å². The van der Waals surface area contributed by atoms with Gasteiger partial charge >= 0.3 is 0 Å². The molecule has 1 saturated carbocycles. The van der Waals surface area contributed by atoms with Crippen molar-refractivity contribution in [1.82, 2.24) is 4.68 Å². The molecule has 0 unspecified atom stereocenters. The highest BCUT2D eigenvalue weighted by Crippen LogP contribution is 2.26. The molecular formula is C23H25N3O3S. The largest absolute Gasteiger partial charge is 0.504 e. The molecule has 3 aromatic rings. The van der Waals surface area contributed by atoms with Crippen LogP contribution in [-0.2, 0) is 0 Å². The van der Waals surface area contributed by atoms with Gasteiger partial charge in [-0.2, -0.15) is 5.10 Å². The maximum Gasteiger partial charge on any atom is 0.206 e. The quantitative estimate of drug-likeness (QED) is 0.459. The number of ether oxygens (including phenoxy) is 1. The molecule has 30 heavy (non-hydrogen) atoms. The summed E-state index contributed by atoms with van der Waals surface area (Å²) in [6.07, 6.45) is 7.63. The van der Waals surface area contributed by atoms with Crippen molar-refractivity contribution in [3.05, 3.63) is 58.2 Å². The second-order valence-electron chi connectivity index (χ2n) is 7.36. The Kier molecular flexibility index (Phi) is 6.18. The van der Waals surface area contributed by atoms with Crippen molar-refractivity contribution in [1.29, 1.82) is 0 Å². The lowest BCUT2D eigenvalue weighted by molar-refractivity contribution is 0.403. The van der Waals surface area contributed by atoms with E-state index in [-0.39, 0.29) is 11.5 Å². The molecule has 0 bridgehead atoms. The van der Waals surface area contributed by atoms with E-state index in [2.05, 4.69) is 10.5 Å². The Morgan fingerprint density at radius 3 is 2.50 bits per heavy atom. The number of hydrogen-bond acceptors (Lipinski definition) is 6. The van der Waals surface area contributed by atoms with E-state index >= 15 is 0 Å². The van der Waals surface area contributed by atoms with E-state index in [1.165, 1.54) is 31.4 Å². The zero-order valence-corrected chi connectivity index (χ0v) is 17.7. The molecule has 1 aliphatic carbocycles. The van der Waals surface area contributed by atoms with Crippen molar-refractivity contribution in [3.8, 4) is 28.5 Å². The van der Waals surface area contributed by atoms with Crippen LogP contribution in [0.2, 0.25) is 0 Å². The van der Waals surface area contributed by atoms with E-state index in [4.69, 9.17) is 9.73 Å². The van der Waals surface area contributed by atoms with E-state index in [1.807, 2.05) is 28.9 Å². The van der Waals surface area contributed by atoms with E-state index in [9.17, 15) is 10.2 Å². The first-order valence-electron chi connectivity index (χ1n) is 10.1. The van der Waals surface area contributed by atoms with E-state index in [0.717, 1.165) is 34.6 Å². The predicted molar refractivity (Wildman–Crippen MR) is 119 cm³/mol. The van der Waals surface area contributed by atoms with E-state index in [1.54, 1.807) is 30.7 Å². The number of benzene rings is 2. The highest BCUT2D eigenvalue weighted by Gasteiger charge is 2.14. The van der Waals surface area contributed by atoms with Gasteiger partial charge < -0.3 is 14.9 Å². The van der Waals surface area contributed by atoms with Gasteiger partial charge in [-0.1, -0.05) is 19.3 Å². The average Bonchev–Trinajstić information content (AvgIpc) is 3.17. The lowest BCUT2D eigenvalue weighted by Crippen LogP contribution is -2.19. The third-order valence-corrected chi connectivity index (χ3v) is 6.09. The van der Waals surface area contributed by atoms with Gasteiger partial charge in [0.2, 0.25) is 4.80 Å². The Balaban J connectivity index is 1.75. The first kappa shape index (κ1) is 20.2. The van der Waals surface area contributed by atoms with Crippen LogP contribution >= 0.6 is 11.3 Å². The van der Waals surface area contributed by atoms with Crippen LogP contribution in [0.1, 0.15) is 37.7 Å². The second kappa shape index (κ2) is 9.17. The molecule has 2 N–H and O–H groups in total. The molecule has 0 atom stereocenters. The topological polar surface area (TPSA) is 79.3 Å². The fourth-order valence-corrected chi connectivity index (χ4v) is 4.48. The van der Waals surface area contributed by atoms with Gasteiger partial charge in [0.15, 0.2) is 11.5 Å². The molecule has 0 radical (unpaired) electrons. The fourth-order valence-electron chi connectivity index (χ4n) is 3.57. The highest BCUT2D eigenvalue weighted by molar-refractivity contribution is 7.07. The smallest absolute Gasteiger partial charge is 0.206 e. The third-order valence-electron chi connectivity index (χ3n) is 5.26. The van der Waals surface area contributed by atoms with Gasteiger partial charge in [0, 0.05) is 10.9 Å². The number of methoxy groups -OCH3 is 1. The van der Waals surface area contributed by atoms with Gasteiger partial charge in [-0.25, -0.2) is 4.68 Å². The normalized spacial score (nSPS) is 15.7. The summed E-state index contributed by atoms with van der Waals surface area (Å²) >= 11 is 1.58. The minimum atomic E-state index is -0.170. The molecule has 1 fully saturated rings. The van der Waals surface area contributed by atoms with Crippen molar-refractivity contribution in [2.75, 3.05) is 7.11 Å². The second-order valence-corrected chi connectivity index (χ2v) is 8.19. The Morgan fingerprint density at radius 1 is 1.03 bits per heavy atom. The third kappa shape index (κ3) is 4.57. The molecule has 2 aromatic carbocycles. The Hall–Kier alpha value is -3.06. The predicted octanol–water partition coefficient (Wildman–Crippen LogP) is 4.75. The summed E-state index contributed by atoms with van der Waals surface area (Å²) in [5, 5.41) is 26.0. The zero-order valence-electron chi connectivity index (χ0n) is 16.9. The molecular weight excluding hydrogens is 398 g/mol. The van der Waals surface area contributed by atoms with Crippen molar-refractivity contribution in [2.24, 2.45) is 10.1 Å². The lowest BCUT2D eigenvalue weighted by Gasteiger charge is -2.16. The summed E-state index contributed by atoms with van der Waals surface area (Å²) in [6.45, 7) is 0. The minimum absolute atomic E-state index is 0.151. The lowest BCUT2D eigenvalue weighted by atomic mass is 9.96. The summed E-state index contributed by atoms with van der Waals surface area (Å²) in [5.41, 5.74) is 2.65. The Morgan fingerprint density at radius 2 is 1.80 bits per heavy atom. The molecule has 4 rings (SSSR count). The minimum Gasteiger partial charge on any atom is -0.504 e. The van der Waals surface area contributed by atoms with Crippen LogP contribution in [0.3, 0.4) is 0 Å². The van der Waals surface area contributed by atoms with Crippen molar-refractivity contribution in [2.45, 2.75) is 38.1 Å². The van der Waals surface area contributed by atoms with Gasteiger partial charge in [0.1, 0.15) is 5.75 Å². The summed E-state index contributed by atoms with van der Waals surface area (Å²) in [7, 11) is 1.65. The van der Waals surface area contributed by atoms with Crippen molar-refractivity contribution >= 4 is 17.6 Å². The number of thiazole rings is 1. The summed E-state index contributed by atoms with van der Waals surface area (Å²) < 4.78 is 7.12. The fraction of sp³-hybridized carbons (Fsp3) is 0.304. The molecule has 1 aromatic heterocycles. The van der Waals surface area contributed by atoms with Gasteiger partial charge in [-0.05, 0) is 60.9 Å². The van der Waals surface area contributed by atoms with Gasteiger partial charge in [0.25, 0.3) is 0 Å². The van der Waals surface area contributed by atoms with Crippen LogP contribution in [-0.4, -0.2) is 34.3 Å². The number of rotatable bonds is 5. The summed E-state index contributed by atoms with van der Waals surface area (Å²) in [5.74, 6) is 0.481. The molecule has 0 saturated heterocycles. The molecule has 0 amide bonds. The number of nitrogens with zero attached hydrogens (tertiary/aromatic N) is 3. The Bertz CT molecular complexity index is 1090. The monoisotopic (exact) mass is 423 g/mol. The number of phenolic OH excluding ortho intramolecular Hbond substituents is 2. The van der Waals surface area contributed by atoms with Gasteiger partial charge in [-0.15, -0.1) is 11.3 Å². The molecule has 7 heteroatoms. The van der Waals surface area contributed by atoms with Crippen LogP contribution < -0.4 is 9.54 Å². The number of phenols is 2. The molecule has 156 valence electrons. The van der Waals surface area contributed by atoms with Crippen molar-refractivity contribution < 1.29 is 14.9 Å². The molecule has 1 heterocycles.